The number of rotatable bonds is 7. The van der Waals surface area contributed by atoms with Gasteiger partial charge in [-0.05, 0) is 57.8 Å². The summed E-state index contributed by atoms with van der Waals surface area (Å²) in [5.41, 5.74) is 3.78. The molecule has 0 amide bonds. The Morgan fingerprint density at radius 2 is 1.45 bits per heavy atom. The molecule has 1 heterocycles. The Morgan fingerprint density at radius 1 is 0.939 bits per heavy atom. The molecule has 0 bridgehead atoms. The predicted molar refractivity (Wildman–Crippen MR) is 138 cm³/mol. The molecule has 1 unspecified atom stereocenters. The van der Waals surface area contributed by atoms with E-state index in [1.807, 2.05) is 65.0 Å². The summed E-state index contributed by atoms with van der Waals surface area (Å²) >= 11 is 0. The van der Waals surface area contributed by atoms with Gasteiger partial charge in [0.05, 0.1) is 30.2 Å². The van der Waals surface area contributed by atoms with Crippen molar-refractivity contribution in [2.45, 2.75) is 76.4 Å². The van der Waals surface area contributed by atoms with Crippen LogP contribution < -0.4 is 4.72 Å². The Labute approximate surface area is 200 Å². The van der Waals surface area contributed by atoms with Crippen LogP contribution >= 0.6 is 0 Å². The molecule has 33 heavy (non-hydrogen) atoms. The summed E-state index contributed by atoms with van der Waals surface area (Å²) in [5.74, 6) is 0. The molecule has 0 spiro atoms. The van der Waals surface area contributed by atoms with E-state index in [4.69, 9.17) is 9.31 Å². The summed E-state index contributed by atoms with van der Waals surface area (Å²) in [6.07, 6.45) is 0. The molecule has 0 aromatic heterocycles. The van der Waals surface area contributed by atoms with Gasteiger partial charge in [0.1, 0.15) is 0 Å². The third-order valence-corrected chi connectivity index (χ3v) is 8.83. The third-order valence-electron chi connectivity index (χ3n) is 6.20. The first kappa shape index (κ1) is 25.9. The minimum atomic E-state index is -3.80. The maximum Gasteiger partial charge on any atom is 0.491 e. The summed E-state index contributed by atoms with van der Waals surface area (Å²) in [6, 6.07) is 15.9. The number of nitrogens with one attached hydrogen (secondary N) is 1. The van der Waals surface area contributed by atoms with Gasteiger partial charge in [0.25, 0.3) is 0 Å². The van der Waals surface area contributed by atoms with Gasteiger partial charge in [-0.3, -0.25) is 0 Å². The zero-order valence-corrected chi connectivity index (χ0v) is 22.8. The quantitative estimate of drug-likeness (QED) is 0.530. The molecule has 8 heteroatoms. The van der Waals surface area contributed by atoms with Gasteiger partial charge >= 0.3 is 7.12 Å². The van der Waals surface area contributed by atoms with Crippen molar-refractivity contribution in [2.75, 3.05) is 0 Å². The van der Waals surface area contributed by atoms with Gasteiger partial charge in [-0.15, -0.1) is 0 Å². The average molecular weight is 486 g/mol. The molecule has 3 rings (SSSR count). The number of aryl methyl sites for hydroxylation is 1. The van der Waals surface area contributed by atoms with Crippen molar-refractivity contribution in [1.82, 2.24) is 4.72 Å². The molecule has 1 aliphatic rings. The van der Waals surface area contributed by atoms with E-state index in [1.165, 1.54) is 0 Å². The van der Waals surface area contributed by atoms with Crippen molar-refractivity contribution < 1.29 is 17.7 Å². The largest absolute Gasteiger partial charge is 0.491 e. The first-order valence-electron chi connectivity index (χ1n) is 11.3. The zero-order valence-electron chi connectivity index (χ0n) is 21.0. The number of hydrogen-bond acceptors (Lipinski definition) is 4. The average Bonchev–Trinajstić information content (AvgIpc) is 2.92. The van der Waals surface area contributed by atoms with E-state index in [2.05, 4.69) is 30.1 Å². The fraction of sp³-hybridized carbons (Fsp3) is 0.440. The number of hydrogen-bond donors (Lipinski definition) is 1. The van der Waals surface area contributed by atoms with Crippen LogP contribution in [0.3, 0.4) is 0 Å². The lowest BCUT2D eigenvalue weighted by Gasteiger charge is -2.32. The standard InChI is InChI=1S/C25H36BNO4SSi/c1-19-14-16-21(17-15-19)32(28,29)27-23(20-12-10-9-11-13-20)22(18-33(6,7)8)26-30-24(2,3)25(4,5)31-26/h9-18,23,27H,1-8H3/b22-18-. The predicted octanol–water partition coefficient (Wildman–Crippen LogP) is 5.45. The molecule has 178 valence electrons. The molecule has 1 atom stereocenters. The normalized spacial score (nSPS) is 19.5. The number of sulfonamides is 1. The van der Waals surface area contributed by atoms with E-state index in [1.54, 1.807) is 24.3 Å². The van der Waals surface area contributed by atoms with Gasteiger partial charge < -0.3 is 9.31 Å². The summed E-state index contributed by atoms with van der Waals surface area (Å²) in [5, 5.41) is 0. The fourth-order valence-electron chi connectivity index (χ4n) is 3.68. The summed E-state index contributed by atoms with van der Waals surface area (Å²) in [4.78, 5) is 0.232. The highest BCUT2D eigenvalue weighted by Gasteiger charge is 2.54. The van der Waals surface area contributed by atoms with Gasteiger partial charge in [0.15, 0.2) is 0 Å². The van der Waals surface area contributed by atoms with E-state index < -0.39 is 42.5 Å². The van der Waals surface area contributed by atoms with Gasteiger partial charge in [0.2, 0.25) is 10.0 Å². The Morgan fingerprint density at radius 3 is 1.94 bits per heavy atom. The smallest absolute Gasteiger partial charge is 0.400 e. The zero-order chi connectivity index (χ0) is 24.7. The van der Waals surface area contributed by atoms with Crippen LogP contribution in [0.15, 0.2) is 70.7 Å². The molecule has 0 saturated carbocycles. The van der Waals surface area contributed by atoms with Crippen molar-refractivity contribution in [2.24, 2.45) is 0 Å². The van der Waals surface area contributed by atoms with Crippen molar-refractivity contribution in [3.8, 4) is 0 Å². The van der Waals surface area contributed by atoms with Crippen molar-refractivity contribution in [3.63, 3.8) is 0 Å². The first-order chi connectivity index (χ1) is 15.1. The van der Waals surface area contributed by atoms with E-state index in [9.17, 15) is 8.42 Å². The molecular weight excluding hydrogens is 449 g/mol. The molecule has 1 fully saturated rings. The molecule has 0 radical (unpaired) electrons. The van der Waals surface area contributed by atoms with Crippen LogP contribution in [-0.2, 0) is 19.3 Å². The highest BCUT2D eigenvalue weighted by molar-refractivity contribution is 7.89. The van der Waals surface area contributed by atoms with E-state index >= 15 is 0 Å². The molecular formula is C25H36BNO4SSi. The molecule has 0 aliphatic carbocycles. The second-order valence-electron chi connectivity index (χ2n) is 10.9. The highest BCUT2D eigenvalue weighted by Crippen LogP contribution is 2.41. The van der Waals surface area contributed by atoms with Crippen molar-refractivity contribution in [1.29, 1.82) is 0 Å². The maximum atomic E-state index is 13.5. The second kappa shape index (κ2) is 9.15. The first-order valence-corrected chi connectivity index (χ1v) is 16.4. The van der Waals surface area contributed by atoms with Gasteiger partial charge in [-0.25, -0.2) is 13.1 Å². The highest BCUT2D eigenvalue weighted by atomic mass is 32.2. The van der Waals surface area contributed by atoms with Crippen LogP contribution in [0.2, 0.25) is 19.6 Å². The van der Waals surface area contributed by atoms with Crippen LogP contribution in [0.4, 0.5) is 0 Å². The Balaban J connectivity index is 2.12. The molecule has 1 aliphatic heterocycles. The Bertz CT molecular complexity index is 1090. The van der Waals surface area contributed by atoms with Crippen LogP contribution in [-0.4, -0.2) is 34.8 Å². The SMILES string of the molecule is Cc1ccc(S(=O)(=O)NC(/C(=C/[Si](C)(C)C)B2OC(C)(C)C(C)(C)O2)c2ccccc2)cc1. The van der Waals surface area contributed by atoms with Crippen LogP contribution in [0.5, 0.6) is 0 Å². The fourth-order valence-corrected chi connectivity index (χ4v) is 6.20. The summed E-state index contributed by atoms with van der Waals surface area (Å²) in [7, 11) is -6.25. The summed E-state index contributed by atoms with van der Waals surface area (Å²) < 4.78 is 42.7. The summed E-state index contributed by atoms with van der Waals surface area (Å²) in [6.45, 7) is 16.6. The van der Waals surface area contributed by atoms with Gasteiger partial charge in [-0.2, -0.15) is 0 Å². The number of benzene rings is 2. The van der Waals surface area contributed by atoms with E-state index in [0.29, 0.717) is 0 Å². The van der Waals surface area contributed by atoms with Gasteiger partial charge in [-0.1, -0.05) is 73.4 Å². The Kier molecular flexibility index (Phi) is 7.18. The Hall–Kier alpha value is -1.71. The monoisotopic (exact) mass is 485 g/mol. The topological polar surface area (TPSA) is 64.6 Å². The van der Waals surface area contributed by atoms with Crippen LogP contribution in [0.25, 0.3) is 0 Å². The minimum absolute atomic E-state index is 0.232. The molecule has 2 aromatic carbocycles. The molecule has 1 N–H and O–H groups in total. The lowest BCUT2D eigenvalue weighted by Crippen LogP contribution is -2.41. The van der Waals surface area contributed by atoms with Crippen LogP contribution in [0, 0.1) is 6.92 Å². The van der Waals surface area contributed by atoms with E-state index in [0.717, 1.165) is 16.6 Å². The molecule has 5 nitrogen and oxygen atoms in total. The minimum Gasteiger partial charge on any atom is -0.400 e. The second-order valence-corrected chi connectivity index (χ2v) is 17.6. The maximum absolute atomic E-state index is 13.5. The lowest BCUT2D eigenvalue weighted by atomic mass is 9.73. The van der Waals surface area contributed by atoms with Gasteiger partial charge in [0, 0.05) is 0 Å². The lowest BCUT2D eigenvalue weighted by molar-refractivity contribution is 0.00578. The molecule has 2 aromatic rings. The van der Waals surface area contributed by atoms with Crippen LogP contribution in [0.1, 0.15) is 44.9 Å². The third kappa shape index (κ3) is 6.05. The van der Waals surface area contributed by atoms with E-state index in [-0.39, 0.29) is 4.90 Å². The van der Waals surface area contributed by atoms with Crippen molar-refractivity contribution in [3.05, 3.63) is 76.9 Å². The molecule has 1 saturated heterocycles. The van der Waals surface area contributed by atoms with Crippen molar-refractivity contribution >= 4 is 25.2 Å².